The van der Waals surface area contributed by atoms with Gasteiger partial charge < -0.3 is 4.74 Å². The Balaban J connectivity index is 1.52. The standard InChI is InChI=1S/C28H20N2O2S/c1-18-7-6-8-19(15-18)17-32-25-14-13-20-9-2-3-10-21(20)22(25)16-26-27(31)30-24-12-5-4-11-23(24)29-28(30)33-26/h2-16H,17H2,1H3. The molecule has 0 aliphatic carbocycles. The molecule has 2 aromatic heterocycles. The molecule has 4 nitrogen and oxygen atoms in total. The Kier molecular flexibility index (Phi) is 4.70. The van der Waals surface area contributed by atoms with E-state index in [0.29, 0.717) is 16.1 Å². The van der Waals surface area contributed by atoms with Crippen LogP contribution in [0.2, 0.25) is 0 Å². The maximum Gasteiger partial charge on any atom is 0.274 e. The number of benzene rings is 4. The van der Waals surface area contributed by atoms with Gasteiger partial charge in [0, 0.05) is 5.56 Å². The molecule has 160 valence electrons. The highest BCUT2D eigenvalue weighted by atomic mass is 32.1. The fourth-order valence-electron chi connectivity index (χ4n) is 4.26. The summed E-state index contributed by atoms with van der Waals surface area (Å²) in [5.41, 5.74) is 4.83. The molecule has 0 aliphatic heterocycles. The predicted octanol–water partition coefficient (Wildman–Crippen LogP) is 5.50. The lowest BCUT2D eigenvalue weighted by atomic mass is 10.0. The van der Waals surface area contributed by atoms with Gasteiger partial charge in [-0.05, 0) is 47.5 Å². The van der Waals surface area contributed by atoms with Crippen molar-refractivity contribution in [3.63, 3.8) is 0 Å². The lowest BCUT2D eigenvalue weighted by Crippen LogP contribution is -2.22. The smallest absolute Gasteiger partial charge is 0.274 e. The van der Waals surface area contributed by atoms with Crippen LogP contribution in [-0.2, 0) is 6.61 Å². The molecule has 6 rings (SSSR count). The maximum absolute atomic E-state index is 13.3. The van der Waals surface area contributed by atoms with Gasteiger partial charge in [-0.2, -0.15) is 0 Å². The first kappa shape index (κ1) is 19.7. The summed E-state index contributed by atoms with van der Waals surface area (Å²) in [7, 11) is 0. The first-order valence-electron chi connectivity index (χ1n) is 10.8. The zero-order valence-electron chi connectivity index (χ0n) is 18.0. The normalized spacial score (nSPS) is 12.2. The van der Waals surface area contributed by atoms with E-state index in [2.05, 4.69) is 48.3 Å². The number of hydrogen-bond acceptors (Lipinski definition) is 4. The molecule has 0 saturated heterocycles. The van der Waals surface area contributed by atoms with E-state index in [9.17, 15) is 4.79 Å². The van der Waals surface area contributed by atoms with Gasteiger partial charge in [-0.15, -0.1) is 0 Å². The summed E-state index contributed by atoms with van der Waals surface area (Å²) in [5, 5.41) is 2.15. The molecule has 0 spiro atoms. The Labute approximate surface area is 194 Å². The second-order valence-electron chi connectivity index (χ2n) is 8.11. The van der Waals surface area contributed by atoms with E-state index in [4.69, 9.17) is 4.74 Å². The molecule has 5 heteroatoms. The minimum Gasteiger partial charge on any atom is -0.488 e. The Morgan fingerprint density at radius 1 is 0.970 bits per heavy atom. The summed E-state index contributed by atoms with van der Waals surface area (Å²) in [5.74, 6) is 0.755. The predicted molar refractivity (Wildman–Crippen MR) is 135 cm³/mol. The summed E-state index contributed by atoms with van der Waals surface area (Å²) in [6.07, 6.45) is 1.95. The molecule has 33 heavy (non-hydrogen) atoms. The van der Waals surface area contributed by atoms with Crippen molar-refractivity contribution in [3.8, 4) is 5.75 Å². The largest absolute Gasteiger partial charge is 0.488 e. The second kappa shape index (κ2) is 7.87. The Bertz CT molecular complexity index is 1760. The maximum atomic E-state index is 13.3. The van der Waals surface area contributed by atoms with E-state index >= 15 is 0 Å². The van der Waals surface area contributed by atoms with Crippen molar-refractivity contribution >= 4 is 44.2 Å². The number of aryl methyl sites for hydroxylation is 1. The average Bonchev–Trinajstić information content (AvgIpc) is 3.34. The number of ether oxygens (including phenoxy) is 1. The molecule has 6 aromatic rings. The van der Waals surface area contributed by atoms with Crippen LogP contribution in [0.3, 0.4) is 0 Å². The van der Waals surface area contributed by atoms with E-state index in [1.165, 1.54) is 16.9 Å². The molecule has 0 aliphatic rings. The van der Waals surface area contributed by atoms with Crippen molar-refractivity contribution in [2.45, 2.75) is 13.5 Å². The average molecular weight is 449 g/mol. The third-order valence-corrected chi connectivity index (χ3v) is 6.80. The monoisotopic (exact) mass is 448 g/mol. The number of hydrogen-bond donors (Lipinski definition) is 0. The van der Waals surface area contributed by atoms with E-state index in [0.717, 1.165) is 38.7 Å². The highest BCUT2D eigenvalue weighted by molar-refractivity contribution is 7.15. The van der Waals surface area contributed by atoms with Crippen LogP contribution in [0.1, 0.15) is 16.7 Å². The van der Waals surface area contributed by atoms with Gasteiger partial charge in [0.05, 0.1) is 15.6 Å². The topological polar surface area (TPSA) is 43.6 Å². The van der Waals surface area contributed by atoms with Gasteiger partial charge in [0.2, 0.25) is 0 Å². The Morgan fingerprint density at radius 3 is 2.73 bits per heavy atom. The van der Waals surface area contributed by atoms with E-state index in [1.54, 1.807) is 4.40 Å². The van der Waals surface area contributed by atoms with Crippen molar-refractivity contribution < 1.29 is 4.74 Å². The molecule has 0 N–H and O–H groups in total. The zero-order chi connectivity index (χ0) is 22.4. The quantitative estimate of drug-likeness (QED) is 0.358. The van der Waals surface area contributed by atoms with Crippen LogP contribution in [0.5, 0.6) is 5.75 Å². The molecule has 0 radical (unpaired) electrons. The first-order chi connectivity index (χ1) is 16.2. The Morgan fingerprint density at radius 2 is 1.82 bits per heavy atom. The van der Waals surface area contributed by atoms with Gasteiger partial charge in [0.25, 0.3) is 5.56 Å². The highest BCUT2D eigenvalue weighted by Gasteiger charge is 2.13. The van der Waals surface area contributed by atoms with Gasteiger partial charge in [-0.1, -0.05) is 83.6 Å². The highest BCUT2D eigenvalue weighted by Crippen LogP contribution is 2.30. The number of rotatable bonds is 4. The third kappa shape index (κ3) is 3.47. The fourth-order valence-corrected chi connectivity index (χ4v) is 5.23. The number of fused-ring (bicyclic) bond motifs is 4. The van der Waals surface area contributed by atoms with Crippen LogP contribution >= 0.6 is 11.3 Å². The van der Waals surface area contributed by atoms with Crippen LogP contribution in [0.4, 0.5) is 0 Å². The number of imidazole rings is 1. The summed E-state index contributed by atoms with van der Waals surface area (Å²) >= 11 is 1.41. The van der Waals surface area contributed by atoms with Crippen molar-refractivity contribution in [2.24, 2.45) is 0 Å². The molecule has 0 saturated carbocycles. The van der Waals surface area contributed by atoms with Crippen molar-refractivity contribution in [3.05, 3.63) is 117 Å². The molecule has 4 aromatic carbocycles. The van der Waals surface area contributed by atoms with Gasteiger partial charge in [-0.3, -0.25) is 4.79 Å². The van der Waals surface area contributed by atoms with Gasteiger partial charge in [-0.25, -0.2) is 9.38 Å². The van der Waals surface area contributed by atoms with Crippen LogP contribution in [0.15, 0.2) is 89.7 Å². The SMILES string of the molecule is Cc1cccc(COc2ccc3ccccc3c2C=c2sc3nc4ccccc4n3c2=O)c1. The number of aromatic nitrogens is 2. The molecule has 0 fully saturated rings. The van der Waals surface area contributed by atoms with E-state index in [-0.39, 0.29) is 5.56 Å². The summed E-state index contributed by atoms with van der Waals surface area (Å²) < 4.78 is 8.61. The molecular formula is C28H20N2O2S. The van der Waals surface area contributed by atoms with E-state index < -0.39 is 0 Å². The van der Waals surface area contributed by atoms with Crippen LogP contribution < -0.4 is 14.8 Å². The molecule has 0 bridgehead atoms. The molecular weight excluding hydrogens is 428 g/mol. The van der Waals surface area contributed by atoms with Crippen molar-refractivity contribution in [1.82, 2.24) is 9.38 Å². The first-order valence-corrected chi connectivity index (χ1v) is 11.6. The fraction of sp³-hybridized carbons (Fsp3) is 0.0714. The zero-order valence-corrected chi connectivity index (χ0v) is 18.8. The minimum atomic E-state index is -0.0544. The summed E-state index contributed by atoms with van der Waals surface area (Å²) in [6, 6.07) is 28.2. The summed E-state index contributed by atoms with van der Waals surface area (Å²) in [6.45, 7) is 2.54. The van der Waals surface area contributed by atoms with Crippen molar-refractivity contribution in [1.29, 1.82) is 0 Å². The van der Waals surface area contributed by atoms with Crippen LogP contribution in [0.25, 0.3) is 32.8 Å². The van der Waals surface area contributed by atoms with Gasteiger partial charge in [0.1, 0.15) is 12.4 Å². The summed E-state index contributed by atoms with van der Waals surface area (Å²) in [4.78, 5) is 18.7. The number of para-hydroxylation sites is 2. The van der Waals surface area contributed by atoms with E-state index in [1.807, 2.05) is 54.6 Å². The number of thiazole rings is 1. The van der Waals surface area contributed by atoms with Crippen molar-refractivity contribution in [2.75, 3.05) is 0 Å². The third-order valence-electron chi connectivity index (χ3n) is 5.83. The lowest BCUT2D eigenvalue weighted by Gasteiger charge is -2.12. The van der Waals surface area contributed by atoms with Crippen LogP contribution in [-0.4, -0.2) is 9.38 Å². The molecule has 0 unspecified atom stereocenters. The van der Waals surface area contributed by atoms with Gasteiger partial charge in [0.15, 0.2) is 4.96 Å². The molecule has 2 heterocycles. The number of nitrogens with zero attached hydrogens (tertiary/aromatic N) is 2. The minimum absolute atomic E-state index is 0.0544. The molecule has 0 atom stereocenters. The molecule has 0 amide bonds. The Hall–Kier alpha value is -3.96. The van der Waals surface area contributed by atoms with Crippen LogP contribution in [0, 0.1) is 6.92 Å². The second-order valence-corrected chi connectivity index (χ2v) is 9.12. The van der Waals surface area contributed by atoms with Gasteiger partial charge >= 0.3 is 0 Å². The lowest BCUT2D eigenvalue weighted by molar-refractivity contribution is 0.306.